The van der Waals surface area contributed by atoms with Gasteiger partial charge in [-0.05, 0) is 0 Å². The first kappa shape index (κ1) is 8.83. The maximum Gasteiger partial charge on any atom is 0.0861 e. The van der Waals surface area contributed by atoms with Gasteiger partial charge in [-0.3, -0.25) is 0 Å². The molecule has 9 heavy (non-hydrogen) atoms. The Morgan fingerprint density at radius 3 is 2.78 bits per heavy atom. The van der Waals surface area contributed by atoms with Crippen LogP contribution in [0.2, 0.25) is 0 Å². The fourth-order valence-electron chi connectivity index (χ4n) is 0.307. The molecule has 1 unspecified atom stereocenters. The second-order valence-corrected chi connectivity index (χ2v) is 2.59. The summed E-state index contributed by atoms with van der Waals surface area (Å²) in [6.45, 7) is -0.183. The summed E-state index contributed by atoms with van der Waals surface area (Å²) in [4.78, 5) is 0. The van der Waals surface area contributed by atoms with Crippen molar-refractivity contribution in [1.29, 1.82) is 0 Å². The van der Waals surface area contributed by atoms with Gasteiger partial charge in [0.15, 0.2) is 0 Å². The average Bonchev–Trinajstić information content (AvgIpc) is 1.89. The molecule has 0 fully saturated rings. The number of hydrogen-bond donors (Lipinski definition) is 2. The number of rotatable bonds is 4. The van der Waals surface area contributed by atoms with Gasteiger partial charge in [-0.2, -0.15) is 0 Å². The van der Waals surface area contributed by atoms with Crippen molar-refractivity contribution < 1.29 is 10.2 Å². The zero-order chi connectivity index (χ0) is 7.11. The third-order valence-electron chi connectivity index (χ3n) is 0.706. The van der Waals surface area contributed by atoms with Crippen LogP contribution in [0.4, 0.5) is 0 Å². The van der Waals surface area contributed by atoms with E-state index in [1.54, 1.807) is 0 Å². The molecule has 0 aliphatic rings. The highest BCUT2D eigenvalue weighted by atomic mass is 32.2. The number of thioether (sulfide) groups is 1. The standard InChI is InChI=1S/C6H10O2S/c1-2-3-9-5-6(8)4-7/h1,6-8H,3-5H2. The Balaban J connectivity index is 2.99. The van der Waals surface area contributed by atoms with E-state index in [-0.39, 0.29) is 6.61 Å². The SMILES string of the molecule is C#CCSCC(O)CO. The molecule has 0 aromatic carbocycles. The molecule has 2 N–H and O–H groups in total. The molecule has 0 heterocycles. The molecule has 0 bridgehead atoms. The Morgan fingerprint density at radius 2 is 2.33 bits per heavy atom. The summed E-state index contributed by atoms with van der Waals surface area (Å²) in [7, 11) is 0. The highest BCUT2D eigenvalue weighted by molar-refractivity contribution is 7.99. The Hall–Kier alpha value is -0.170. The molecule has 52 valence electrons. The maximum atomic E-state index is 8.75. The molecular formula is C6H10O2S. The van der Waals surface area contributed by atoms with Crippen molar-refractivity contribution in [1.82, 2.24) is 0 Å². The van der Waals surface area contributed by atoms with Gasteiger partial charge in [0.05, 0.1) is 18.5 Å². The number of aliphatic hydroxyl groups excluding tert-OH is 2. The van der Waals surface area contributed by atoms with Gasteiger partial charge < -0.3 is 10.2 Å². The molecule has 3 heteroatoms. The third-order valence-corrected chi connectivity index (χ3v) is 1.70. The molecule has 2 nitrogen and oxygen atoms in total. The van der Waals surface area contributed by atoms with Crippen LogP contribution in [0.5, 0.6) is 0 Å². The Labute approximate surface area is 59.3 Å². The lowest BCUT2D eigenvalue weighted by atomic mass is 10.4. The van der Waals surface area contributed by atoms with Gasteiger partial charge in [-0.1, -0.05) is 5.92 Å². The van der Waals surface area contributed by atoms with Crippen LogP contribution in [-0.4, -0.2) is 34.4 Å². The second kappa shape index (κ2) is 5.96. The molecule has 0 amide bonds. The van der Waals surface area contributed by atoms with E-state index in [1.165, 1.54) is 11.8 Å². The zero-order valence-electron chi connectivity index (χ0n) is 5.08. The minimum atomic E-state index is -0.622. The lowest BCUT2D eigenvalue weighted by molar-refractivity contribution is 0.113. The molecule has 0 radical (unpaired) electrons. The van der Waals surface area contributed by atoms with E-state index in [0.29, 0.717) is 11.5 Å². The normalized spacial score (nSPS) is 12.6. The quantitative estimate of drug-likeness (QED) is 0.423. The molecular weight excluding hydrogens is 136 g/mol. The highest BCUT2D eigenvalue weighted by Crippen LogP contribution is 2.00. The third kappa shape index (κ3) is 5.71. The predicted molar refractivity (Wildman–Crippen MR) is 39.3 cm³/mol. The summed E-state index contributed by atoms with van der Waals surface area (Å²) in [6, 6.07) is 0. The van der Waals surface area contributed by atoms with Crippen molar-refractivity contribution in [3.8, 4) is 12.3 Å². The monoisotopic (exact) mass is 146 g/mol. The van der Waals surface area contributed by atoms with Crippen molar-refractivity contribution in [2.45, 2.75) is 6.10 Å². The second-order valence-electron chi connectivity index (χ2n) is 1.56. The topological polar surface area (TPSA) is 40.5 Å². The minimum absolute atomic E-state index is 0.183. The van der Waals surface area contributed by atoms with Crippen LogP contribution in [0.25, 0.3) is 0 Å². The molecule has 0 saturated carbocycles. The van der Waals surface area contributed by atoms with E-state index in [0.717, 1.165) is 0 Å². The van der Waals surface area contributed by atoms with Gasteiger partial charge in [0.1, 0.15) is 0 Å². The molecule has 0 aliphatic carbocycles. The molecule has 0 aliphatic heterocycles. The highest BCUT2D eigenvalue weighted by Gasteiger charge is 1.98. The summed E-state index contributed by atoms with van der Waals surface area (Å²) in [5, 5.41) is 17.1. The lowest BCUT2D eigenvalue weighted by Crippen LogP contribution is -2.14. The van der Waals surface area contributed by atoms with Crippen LogP contribution in [0.1, 0.15) is 0 Å². The number of hydrogen-bond acceptors (Lipinski definition) is 3. The van der Waals surface area contributed by atoms with E-state index in [2.05, 4.69) is 5.92 Å². The molecule has 0 spiro atoms. The zero-order valence-corrected chi connectivity index (χ0v) is 5.90. The fourth-order valence-corrected chi connectivity index (χ4v) is 0.920. The largest absolute Gasteiger partial charge is 0.394 e. The lowest BCUT2D eigenvalue weighted by Gasteiger charge is -2.02. The van der Waals surface area contributed by atoms with Gasteiger partial charge in [-0.15, -0.1) is 18.2 Å². The average molecular weight is 146 g/mol. The van der Waals surface area contributed by atoms with Crippen molar-refractivity contribution in [2.24, 2.45) is 0 Å². The Kier molecular flexibility index (Phi) is 5.85. The van der Waals surface area contributed by atoms with Gasteiger partial charge in [0, 0.05) is 5.75 Å². The van der Waals surface area contributed by atoms with Crippen LogP contribution in [0, 0.1) is 12.3 Å². The fraction of sp³-hybridized carbons (Fsp3) is 0.667. The molecule has 1 atom stereocenters. The molecule has 0 rings (SSSR count). The summed E-state index contributed by atoms with van der Waals surface area (Å²) >= 11 is 1.44. The van der Waals surface area contributed by atoms with E-state index >= 15 is 0 Å². The first-order chi connectivity index (χ1) is 4.31. The van der Waals surface area contributed by atoms with E-state index < -0.39 is 6.10 Å². The first-order valence-electron chi connectivity index (χ1n) is 2.61. The summed E-state index contributed by atoms with van der Waals surface area (Å²) in [5.74, 6) is 3.53. The van der Waals surface area contributed by atoms with E-state index in [1.807, 2.05) is 0 Å². The molecule has 0 aromatic heterocycles. The summed E-state index contributed by atoms with van der Waals surface area (Å²) < 4.78 is 0. The van der Waals surface area contributed by atoms with Gasteiger partial charge in [-0.25, -0.2) is 0 Å². The van der Waals surface area contributed by atoms with Crippen molar-refractivity contribution in [2.75, 3.05) is 18.1 Å². The van der Waals surface area contributed by atoms with E-state index in [4.69, 9.17) is 16.6 Å². The summed E-state index contributed by atoms with van der Waals surface area (Å²) in [5.41, 5.74) is 0. The maximum absolute atomic E-state index is 8.75. The van der Waals surface area contributed by atoms with Crippen LogP contribution in [0.15, 0.2) is 0 Å². The number of terminal acetylenes is 1. The van der Waals surface area contributed by atoms with E-state index in [9.17, 15) is 0 Å². The Morgan fingerprint density at radius 1 is 1.67 bits per heavy atom. The van der Waals surface area contributed by atoms with Crippen molar-refractivity contribution in [3.63, 3.8) is 0 Å². The van der Waals surface area contributed by atoms with Crippen LogP contribution in [-0.2, 0) is 0 Å². The van der Waals surface area contributed by atoms with Crippen LogP contribution in [0.3, 0.4) is 0 Å². The van der Waals surface area contributed by atoms with Crippen LogP contribution >= 0.6 is 11.8 Å². The first-order valence-corrected chi connectivity index (χ1v) is 3.77. The Bertz CT molecular complexity index is 97.7. The van der Waals surface area contributed by atoms with Crippen molar-refractivity contribution >= 4 is 11.8 Å². The molecule has 0 aromatic rings. The predicted octanol–water partition coefficient (Wildman–Crippen LogP) is -0.294. The number of aliphatic hydroxyl groups is 2. The smallest absolute Gasteiger partial charge is 0.0861 e. The summed E-state index contributed by atoms with van der Waals surface area (Å²) in [6.07, 6.45) is 4.32. The van der Waals surface area contributed by atoms with Gasteiger partial charge in [0.2, 0.25) is 0 Å². The van der Waals surface area contributed by atoms with Gasteiger partial charge >= 0.3 is 0 Å². The van der Waals surface area contributed by atoms with Crippen LogP contribution < -0.4 is 0 Å². The van der Waals surface area contributed by atoms with Crippen molar-refractivity contribution in [3.05, 3.63) is 0 Å². The van der Waals surface area contributed by atoms with Gasteiger partial charge in [0.25, 0.3) is 0 Å². The minimum Gasteiger partial charge on any atom is -0.394 e. The molecule has 0 saturated heterocycles.